The Balaban J connectivity index is 0.000000442. The molecule has 0 saturated carbocycles. The van der Waals surface area contributed by atoms with E-state index in [1.807, 2.05) is 52.8 Å². The van der Waals surface area contributed by atoms with Crippen LogP contribution in [-0.2, 0) is 0 Å². The van der Waals surface area contributed by atoms with Crippen LogP contribution in [0.3, 0.4) is 0 Å². The molecule has 0 N–H and O–H groups in total. The summed E-state index contributed by atoms with van der Waals surface area (Å²) in [6, 6.07) is 5.58. The number of benzene rings is 1. The number of hydrogen-bond donors (Lipinski definition) is 0. The van der Waals surface area contributed by atoms with Crippen molar-refractivity contribution in [1.29, 1.82) is 0 Å². The molecule has 0 atom stereocenters. The molecule has 0 aliphatic carbocycles. The van der Waals surface area contributed by atoms with Gasteiger partial charge in [0.15, 0.2) is 0 Å². The largest absolute Gasteiger partial charge is 0.360 e. The number of rotatable bonds is 0. The maximum Gasteiger partial charge on any atom is 0.140 e. The van der Waals surface area contributed by atoms with Gasteiger partial charge in [-0.05, 0) is 13.0 Å². The molecule has 1 heterocycles. The van der Waals surface area contributed by atoms with Crippen molar-refractivity contribution >= 4 is 24.2 Å². The standard InChI is InChI=1S/C8H6BNO.2C2H6/c1-5-8-6(9)3-2-4-7(8)10-11-5;2*1-2/h2-4H,1H3;2*1-2H3. The molecule has 0 aliphatic rings. The summed E-state index contributed by atoms with van der Waals surface area (Å²) in [5, 5.41) is 4.75. The first kappa shape index (κ1) is 13.8. The molecule has 0 amide bonds. The number of aromatic nitrogens is 1. The molecular formula is C12H18BNO. The second kappa shape index (κ2) is 7.10. The minimum atomic E-state index is 0.723. The van der Waals surface area contributed by atoms with E-state index in [4.69, 9.17) is 12.4 Å². The molecule has 0 spiro atoms. The Bertz CT molecular complexity index is 395. The lowest BCUT2D eigenvalue weighted by molar-refractivity contribution is 0.405. The van der Waals surface area contributed by atoms with E-state index in [0.29, 0.717) is 0 Å². The summed E-state index contributed by atoms with van der Waals surface area (Å²) in [4.78, 5) is 0. The third-order valence-corrected chi connectivity index (χ3v) is 1.71. The fourth-order valence-corrected chi connectivity index (χ4v) is 1.18. The number of aryl methyl sites for hydroxylation is 1. The Morgan fingerprint density at radius 3 is 2.27 bits per heavy atom. The predicted octanol–water partition coefficient (Wildman–Crippen LogP) is 2.98. The molecule has 2 nitrogen and oxygen atoms in total. The molecule has 1 aromatic heterocycles. The van der Waals surface area contributed by atoms with Crippen LogP contribution in [0, 0.1) is 6.92 Å². The van der Waals surface area contributed by atoms with Gasteiger partial charge in [0, 0.05) is 5.39 Å². The van der Waals surface area contributed by atoms with Gasteiger partial charge in [-0.15, -0.1) is 0 Å². The summed E-state index contributed by atoms with van der Waals surface area (Å²) < 4.78 is 4.97. The third-order valence-electron chi connectivity index (χ3n) is 1.71. The fourth-order valence-electron chi connectivity index (χ4n) is 1.18. The van der Waals surface area contributed by atoms with E-state index in [1.54, 1.807) is 0 Å². The molecule has 1 aromatic carbocycles. The van der Waals surface area contributed by atoms with Crippen LogP contribution < -0.4 is 5.46 Å². The molecule has 3 heteroatoms. The first-order chi connectivity index (χ1) is 7.29. The predicted molar refractivity (Wildman–Crippen MR) is 66.8 cm³/mol. The Morgan fingerprint density at radius 1 is 1.13 bits per heavy atom. The van der Waals surface area contributed by atoms with E-state index < -0.39 is 0 Å². The number of hydrogen-bond acceptors (Lipinski definition) is 2. The lowest BCUT2D eigenvalue weighted by Crippen LogP contribution is -2.02. The van der Waals surface area contributed by atoms with Crippen molar-refractivity contribution in [3.63, 3.8) is 0 Å². The van der Waals surface area contributed by atoms with Gasteiger partial charge in [-0.3, -0.25) is 0 Å². The Kier molecular flexibility index (Phi) is 6.51. The van der Waals surface area contributed by atoms with Gasteiger partial charge >= 0.3 is 0 Å². The van der Waals surface area contributed by atoms with Gasteiger partial charge < -0.3 is 4.52 Å². The zero-order valence-corrected chi connectivity index (χ0v) is 10.2. The topological polar surface area (TPSA) is 26.0 Å². The van der Waals surface area contributed by atoms with Gasteiger partial charge in [-0.2, -0.15) is 0 Å². The molecule has 2 rings (SSSR count). The van der Waals surface area contributed by atoms with Gasteiger partial charge in [0.25, 0.3) is 0 Å². The Morgan fingerprint density at radius 2 is 1.73 bits per heavy atom. The van der Waals surface area contributed by atoms with Gasteiger partial charge in [0.1, 0.15) is 19.1 Å². The zero-order valence-electron chi connectivity index (χ0n) is 10.2. The van der Waals surface area contributed by atoms with Gasteiger partial charge in [0.2, 0.25) is 0 Å². The lowest BCUT2D eigenvalue weighted by atomic mass is 9.92. The SMILES string of the molecule is CC.CC.[B]c1cccc2noc(C)c12. The first-order valence-corrected chi connectivity index (χ1v) is 5.39. The molecule has 2 radical (unpaired) electrons. The van der Waals surface area contributed by atoms with Crippen molar-refractivity contribution in [2.75, 3.05) is 0 Å². The van der Waals surface area contributed by atoms with Crippen molar-refractivity contribution in [1.82, 2.24) is 5.16 Å². The van der Waals surface area contributed by atoms with Crippen LogP contribution in [0.1, 0.15) is 33.5 Å². The Hall–Kier alpha value is -1.25. The second-order valence-electron chi connectivity index (χ2n) is 2.48. The molecule has 2 aromatic rings. The quantitative estimate of drug-likeness (QED) is 0.615. The molecule has 0 aliphatic heterocycles. The van der Waals surface area contributed by atoms with Crippen LogP contribution in [0.25, 0.3) is 10.9 Å². The summed E-state index contributed by atoms with van der Waals surface area (Å²) in [6.07, 6.45) is 0. The number of nitrogens with zero attached hydrogens (tertiary/aromatic N) is 1. The zero-order chi connectivity index (χ0) is 11.8. The van der Waals surface area contributed by atoms with Crippen molar-refractivity contribution in [2.24, 2.45) is 0 Å². The molecule has 0 unspecified atom stereocenters. The maximum absolute atomic E-state index is 5.70. The van der Waals surface area contributed by atoms with Crippen LogP contribution in [-0.4, -0.2) is 13.0 Å². The average molecular weight is 203 g/mol. The molecule has 80 valence electrons. The van der Waals surface area contributed by atoms with E-state index in [2.05, 4.69) is 5.16 Å². The monoisotopic (exact) mass is 203 g/mol. The van der Waals surface area contributed by atoms with Crippen LogP contribution in [0.15, 0.2) is 22.7 Å². The molecule has 15 heavy (non-hydrogen) atoms. The molecule has 0 bridgehead atoms. The molecule has 0 saturated heterocycles. The van der Waals surface area contributed by atoms with Crippen LogP contribution in [0.5, 0.6) is 0 Å². The highest BCUT2D eigenvalue weighted by Gasteiger charge is 2.03. The lowest BCUT2D eigenvalue weighted by Gasteiger charge is -1.92. The summed E-state index contributed by atoms with van der Waals surface area (Å²) in [6.45, 7) is 9.85. The van der Waals surface area contributed by atoms with Crippen LogP contribution >= 0.6 is 0 Å². The van der Waals surface area contributed by atoms with E-state index in [0.717, 1.165) is 22.1 Å². The normalized spacial score (nSPS) is 8.60. The van der Waals surface area contributed by atoms with Gasteiger partial charge in [0.05, 0.1) is 0 Å². The highest BCUT2D eigenvalue weighted by molar-refractivity contribution is 6.38. The average Bonchev–Trinajstić information content (AvgIpc) is 2.68. The van der Waals surface area contributed by atoms with Crippen molar-refractivity contribution in [3.8, 4) is 0 Å². The maximum atomic E-state index is 5.70. The van der Waals surface area contributed by atoms with E-state index >= 15 is 0 Å². The summed E-state index contributed by atoms with van der Waals surface area (Å²) >= 11 is 0. The number of fused-ring (bicyclic) bond motifs is 1. The van der Waals surface area contributed by atoms with Crippen molar-refractivity contribution < 1.29 is 4.52 Å². The third kappa shape index (κ3) is 3.12. The second-order valence-corrected chi connectivity index (χ2v) is 2.48. The first-order valence-electron chi connectivity index (χ1n) is 5.39. The molecular weight excluding hydrogens is 185 g/mol. The minimum Gasteiger partial charge on any atom is -0.360 e. The van der Waals surface area contributed by atoms with E-state index in [-0.39, 0.29) is 0 Å². The highest BCUT2D eigenvalue weighted by Crippen LogP contribution is 2.13. The summed E-state index contributed by atoms with van der Waals surface area (Å²) in [5.74, 6) is 0.776. The van der Waals surface area contributed by atoms with Gasteiger partial charge in [-0.25, -0.2) is 0 Å². The van der Waals surface area contributed by atoms with Crippen molar-refractivity contribution in [3.05, 3.63) is 24.0 Å². The van der Waals surface area contributed by atoms with Crippen LogP contribution in [0.2, 0.25) is 0 Å². The van der Waals surface area contributed by atoms with Gasteiger partial charge in [-0.1, -0.05) is 50.4 Å². The highest BCUT2D eigenvalue weighted by atomic mass is 16.5. The Labute approximate surface area is 93.1 Å². The van der Waals surface area contributed by atoms with E-state index in [1.165, 1.54) is 0 Å². The van der Waals surface area contributed by atoms with Crippen molar-refractivity contribution in [2.45, 2.75) is 34.6 Å². The summed E-state index contributed by atoms with van der Waals surface area (Å²) in [5.41, 5.74) is 1.55. The van der Waals surface area contributed by atoms with Crippen LogP contribution in [0.4, 0.5) is 0 Å². The summed E-state index contributed by atoms with van der Waals surface area (Å²) in [7, 11) is 5.70. The molecule has 0 fully saturated rings. The fraction of sp³-hybridized carbons (Fsp3) is 0.417. The smallest absolute Gasteiger partial charge is 0.140 e. The minimum absolute atomic E-state index is 0.723. The van der Waals surface area contributed by atoms with E-state index in [9.17, 15) is 0 Å².